The van der Waals surface area contributed by atoms with Gasteiger partial charge in [0, 0.05) is 9.79 Å². The summed E-state index contributed by atoms with van der Waals surface area (Å²) < 4.78 is 0. The van der Waals surface area contributed by atoms with Crippen molar-refractivity contribution < 1.29 is 0 Å². The van der Waals surface area contributed by atoms with Crippen LogP contribution in [0.5, 0.6) is 0 Å². The number of halogens is 1. The van der Waals surface area contributed by atoms with Crippen LogP contribution >= 0.6 is 20.8 Å². The SMILES string of the molecule is Cl[SH]1c2ccccc2-c2ccccc21. The Balaban J connectivity index is 2.36. The molecule has 70 valence electrons. The molecular formula is C12H9ClS. The fraction of sp³-hybridized carbons (Fsp3) is 0. The van der Waals surface area contributed by atoms with Crippen LogP contribution in [0.1, 0.15) is 0 Å². The predicted molar refractivity (Wildman–Crippen MR) is 63.2 cm³/mol. The van der Waals surface area contributed by atoms with E-state index in [0.29, 0.717) is 0 Å². The summed E-state index contributed by atoms with van der Waals surface area (Å²) in [6.45, 7) is 0. The summed E-state index contributed by atoms with van der Waals surface area (Å²) in [7, 11) is 5.81. The molecule has 0 radical (unpaired) electrons. The quantitative estimate of drug-likeness (QED) is 0.631. The van der Waals surface area contributed by atoms with Gasteiger partial charge in [-0.2, -0.15) is 0 Å². The molecule has 0 N–H and O–H groups in total. The molecule has 2 heteroatoms. The topological polar surface area (TPSA) is 0 Å². The Morgan fingerprint density at radius 2 is 1.14 bits per heavy atom. The minimum atomic E-state index is -0.624. The molecular weight excluding hydrogens is 212 g/mol. The summed E-state index contributed by atoms with van der Waals surface area (Å²) in [4.78, 5) is 2.59. The molecule has 2 aromatic rings. The fourth-order valence-corrected chi connectivity index (χ4v) is 4.27. The van der Waals surface area contributed by atoms with Gasteiger partial charge in [0.05, 0.1) is 0 Å². The highest BCUT2D eigenvalue weighted by atomic mass is 35.7. The molecule has 1 aliphatic rings. The van der Waals surface area contributed by atoms with Crippen molar-refractivity contribution >= 4 is 20.8 Å². The van der Waals surface area contributed by atoms with Gasteiger partial charge in [0.2, 0.25) is 0 Å². The van der Waals surface area contributed by atoms with E-state index in [2.05, 4.69) is 48.5 Å². The van der Waals surface area contributed by atoms with Crippen molar-refractivity contribution in [3.05, 3.63) is 48.5 Å². The first-order valence-corrected chi connectivity index (χ1v) is 6.77. The molecule has 0 unspecified atom stereocenters. The summed E-state index contributed by atoms with van der Waals surface area (Å²) in [6.07, 6.45) is 0. The molecule has 0 aliphatic carbocycles. The van der Waals surface area contributed by atoms with Gasteiger partial charge in [0.15, 0.2) is 0 Å². The molecule has 0 aromatic heterocycles. The van der Waals surface area contributed by atoms with Crippen LogP contribution in [0.2, 0.25) is 0 Å². The van der Waals surface area contributed by atoms with E-state index in [4.69, 9.17) is 10.7 Å². The second kappa shape index (κ2) is 3.04. The molecule has 1 heterocycles. The molecule has 0 atom stereocenters. The predicted octanol–water partition coefficient (Wildman–Crippen LogP) is 4.24. The number of thiol groups is 1. The third kappa shape index (κ3) is 1.03. The third-order valence-corrected chi connectivity index (χ3v) is 5.24. The lowest BCUT2D eigenvalue weighted by atomic mass is 10.1. The van der Waals surface area contributed by atoms with Gasteiger partial charge in [-0.15, -0.1) is 10.1 Å². The summed E-state index contributed by atoms with van der Waals surface area (Å²) in [5.41, 5.74) is 2.62. The number of fused-ring (bicyclic) bond motifs is 3. The van der Waals surface area contributed by atoms with Crippen LogP contribution in [0.15, 0.2) is 58.3 Å². The van der Waals surface area contributed by atoms with Crippen LogP contribution < -0.4 is 0 Å². The van der Waals surface area contributed by atoms with E-state index in [1.807, 2.05) is 0 Å². The van der Waals surface area contributed by atoms with Crippen molar-refractivity contribution in [1.82, 2.24) is 0 Å². The molecule has 0 nitrogen and oxygen atoms in total. The second-order valence-corrected chi connectivity index (χ2v) is 5.85. The molecule has 3 rings (SSSR count). The summed E-state index contributed by atoms with van der Waals surface area (Å²) in [5, 5.41) is 0. The fourth-order valence-electron chi connectivity index (χ4n) is 1.87. The molecule has 1 aliphatic heterocycles. The lowest BCUT2D eigenvalue weighted by Gasteiger charge is -2.06. The highest BCUT2D eigenvalue weighted by Crippen LogP contribution is 2.60. The van der Waals surface area contributed by atoms with Gasteiger partial charge >= 0.3 is 0 Å². The zero-order chi connectivity index (χ0) is 9.54. The molecule has 0 spiro atoms. The van der Waals surface area contributed by atoms with Gasteiger partial charge in [0.25, 0.3) is 0 Å². The Hall–Kier alpha value is -0.920. The first kappa shape index (κ1) is 8.39. The third-order valence-electron chi connectivity index (χ3n) is 2.52. The Morgan fingerprint density at radius 1 is 0.714 bits per heavy atom. The van der Waals surface area contributed by atoms with E-state index < -0.39 is 10.1 Å². The maximum atomic E-state index is 6.44. The highest BCUT2D eigenvalue weighted by Gasteiger charge is 2.22. The van der Waals surface area contributed by atoms with Gasteiger partial charge in [-0.25, -0.2) is 0 Å². The molecule has 0 bridgehead atoms. The Kier molecular flexibility index (Phi) is 1.82. The van der Waals surface area contributed by atoms with E-state index in [9.17, 15) is 0 Å². The van der Waals surface area contributed by atoms with E-state index in [1.165, 1.54) is 20.9 Å². The lowest BCUT2D eigenvalue weighted by Crippen LogP contribution is -1.73. The average molecular weight is 221 g/mol. The van der Waals surface area contributed by atoms with Crippen molar-refractivity contribution in [2.45, 2.75) is 9.79 Å². The van der Waals surface area contributed by atoms with Gasteiger partial charge < -0.3 is 0 Å². The van der Waals surface area contributed by atoms with Crippen LogP contribution in [0.4, 0.5) is 0 Å². The van der Waals surface area contributed by atoms with Gasteiger partial charge in [-0.3, -0.25) is 0 Å². The van der Waals surface area contributed by atoms with Gasteiger partial charge in [-0.1, -0.05) is 47.1 Å². The van der Waals surface area contributed by atoms with Crippen LogP contribution in [-0.4, -0.2) is 0 Å². The Morgan fingerprint density at radius 3 is 1.64 bits per heavy atom. The van der Waals surface area contributed by atoms with E-state index >= 15 is 0 Å². The van der Waals surface area contributed by atoms with Crippen LogP contribution in [0.25, 0.3) is 11.1 Å². The second-order valence-electron chi connectivity index (χ2n) is 3.32. The number of hydrogen-bond donors (Lipinski definition) is 1. The summed E-state index contributed by atoms with van der Waals surface area (Å²) >= 11 is 0. The van der Waals surface area contributed by atoms with Crippen molar-refractivity contribution in [3.8, 4) is 11.1 Å². The summed E-state index contributed by atoms with van der Waals surface area (Å²) in [6, 6.07) is 16.8. The molecule has 2 aromatic carbocycles. The zero-order valence-corrected chi connectivity index (χ0v) is 9.09. The normalized spacial score (nSPS) is 15.1. The Bertz CT molecular complexity index is 448. The van der Waals surface area contributed by atoms with E-state index in [1.54, 1.807) is 0 Å². The molecule has 0 amide bonds. The first-order chi connectivity index (χ1) is 6.88. The molecule has 0 saturated carbocycles. The monoisotopic (exact) mass is 220 g/mol. The standard InChI is InChI=1S/C12H9ClS/c13-14-11-7-3-1-5-9(11)10-6-2-4-8-12(10)14/h1-8,14H. The van der Waals surface area contributed by atoms with Crippen LogP contribution in [-0.2, 0) is 0 Å². The van der Waals surface area contributed by atoms with E-state index in [0.717, 1.165) is 0 Å². The number of hydrogen-bond acceptors (Lipinski definition) is 0. The lowest BCUT2D eigenvalue weighted by molar-refractivity contribution is 1.45. The smallest absolute Gasteiger partial charge is 0.0125 e. The Labute approximate surface area is 90.4 Å². The maximum Gasteiger partial charge on any atom is 0.0125 e. The summed E-state index contributed by atoms with van der Waals surface area (Å²) in [5.74, 6) is 0. The molecule has 14 heavy (non-hydrogen) atoms. The number of rotatable bonds is 0. The number of benzene rings is 2. The average Bonchev–Trinajstić information content (AvgIpc) is 2.55. The van der Waals surface area contributed by atoms with Gasteiger partial charge in [-0.05, 0) is 23.3 Å². The van der Waals surface area contributed by atoms with Crippen LogP contribution in [0, 0.1) is 0 Å². The van der Waals surface area contributed by atoms with Crippen molar-refractivity contribution in [2.24, 2.45) is 0 Å². The largest absolute Gasteiger partial charge is 0.119 e. The molecule has 0 fully saturated rings. The zero-order valence-electron chi connectivity index (χ0n) is 7.44. The van der Waals surface area contributed by atoms with Crippen molar-refractivity contribution in [3.63, 3.8) is 0 Å². The highest BCUT2D eigenvalue weighted by molar-refractivity contribution is 8.36. The van der Waals surface area contributed by atoms with Crippen molar-refractivity contribution in [2.75, 3.05) is 0 Å². The maximum absolute atomic E-state index is 6.44. The van der Waals surface area contributed by atoms with Crippen LogP contribution in [0.3, 0.4) is 0 Å². The first-order valence-electron chi connectivity index (χ1n) is 4.52. The van der Waals surface area contributed by atoms with E-state index in [-0.39, 0.29) is 0 Å². The molecule has 0 saturated heterocycles. The minimum Gasteiger partial charge on any atom is -0.119 e. The van der Waals surface area contributed by atoms with Gasteiger partial charge in [0.1, 0.15) is 0 Å². The van der Waals surface area contributed by atoms with Crippen molar-refractivity contribution in [1.29, 1.82) is 0 Å². The minimum absolute atomic E-state index is 0.624.